The molecule has 0 unspecified atom stereocenters. The molecule has 0 saturated carbocycles. The van der Waals surface area contributed by atoms with E-state index >= 15 is 0 Å². The van der Waals surface area contributed by atoms with Gasteiger partial charge in [-0.25, -0.2) is 0 Å². The second kappa shape index (κ2) is 7.60. The zero-order valence-corrected chi connectivity index (χ0v) is 14.1. The van der Waals surface area contributed by atoms with E-state index in [1.807, 2.05) is 0 Å². The van der Waals surface area contributed by atoms with Crippen molar-refractivity contribution >= 4 is 17.3 Å². The molecule has 4 heteroatoms. The fraction of sp³-hybridized carbons (Fsp3) is 0.938. The highest BCUT2D eigenvalue weighted by Crippen LogP contribution is 2.34. The molecular weight excluding hydrogens is 266 g/mol. The molecule has 2 bridgehead atoms. The van der Waals surface area contributed by atoms with E-state index in [1.165, 1.54) is 38.6 Å². The molecule has 2 N–H and O–H groups in total. The van der Waals surface area contributed by atoms with Crippen LogP contribution in [0, 0.1) is 5.92 Å². The molecule has 0 aliphatic carbocycles. The van der Waals surface area contributed by atoms with Crippen LogP contribution in [0.15, 0.2) is 0 Å². The molecule has 116 valence electrons. The third kappa shape index (κ3) is 4.32. The minimum Gasteiger partial charge on any atom is -0.363 e. The first-order chi connectivity index (χ1) is 9.60. The summed E-state index contributed by atoms with van der Waals surface area (Å²) in [5, 5.41) is 7.70. The maximum atomic E-state index is 5.40. The smallest absolute Gasteiger partial charge is 0.166 e. The third-order valence-corrected chi connectivity index (χ3v) is 4.83. The quantitative estimate of drug-likeness (QED) is 0.763. The second-order valence-electron chi connectivity index (χ2n) is 6.90. The van der Waals surface area contributed by atoms with Gasteiger partial charge in [0.05, 0.1) is 0 Å². The standard InChI is InChI=1S/C16H31N3S/c1-4-8-17-16(20)18-13-9-14-6-5-7-15(10-13)19(14)11-12(2)3/h12-15H,4-11H2,1-3H3,(H2,17,18,20)/t14-,15-/m1/s1. The number of nitrogens with one attached hydrogen (secondary N) is 2. The van der Waals surface area contributed by atoms with Crippen molar-refractivity contribution in [3.8, 4) is 0 Å². The van der Waals surface area contributed by atoms with Crippen LogP contribution < -0.4 is 10.6 Å². The summed E-state index contributed by atoms with van der Waals surface area (Å²) in [7, 11) is 0. The van der Waals surface area contributed by atoms with Crippen molar-refractivity contribution in [2.24, 2.45) is 5.92 Å². The lowest BCUT2D eigenvalue weighted by molar-refractivity contribution is 0.0190. The van der Waals surface area contributed by atoms with E-state index in [4.69, 9.17) is 12.2 Å². The highest BCUT2D eigenvalue weighted by molar-refractivity contribution is 7.80. The Morgan fingerprint density at radius 1 is 1.25 bits per heavy atom. The Bertz CT molecular complexity index is 305. The summed E-state index contributed by atoms with van der Waals surface area (Å²) >= 11 is 5.40. The highest BCUT2D eigenvalue weighted by Gasteiger charge is 2.38. The molecule has 0 aromatic carbocycles. The number of hydrogen-bond donors (Lipinski definition) is 2. The average Bonchev–Trinajstić information content (AvgIpc) is 2.36. The molecule has 0 aromatic heterocycles. The van der Waals surface area contributed by atoms with Gasteiger partial charge in [0.25, 0.3) is 0 Å². The number of thiocarbonyl (C=S) groups is 1. The summed E-state index contributed by atoms with van der Waals surface area (Å²) < 4.78 is 0. The number of nitrogens with zero attached hydrogens (tertiary/aromatic N) is 1. The number of hydrogen-bond acceptors (Lipinski definition) is 2. The van der Waals surface area contributed by atoms with E-state index in [9.17, 15) is 0 Å². The van der Waals surface area contributed by atoms with Gasteiger partial charge in [0.15, 0.2) is 5.11 Å². The third-order valence-electron chi connectivity index (χ3n) is 4.57. The van der Waals surface area contributed by atoms with E-state index in [0.717, 1.165) is 36.1 Å². The Labute approximate surface area is 129 Å². The zero-order valence-electron chi connectivity index (χ0n) is 13.3. The van der Waals surface area contributed by atoms with Crippen molar-refractivity contribution < 1.29 is 0 Å². The topological polar surface area (TPSA) is 27.3 Å². The summed E-state index contributed by atoms with van der Waals surface area (Å²) in [5.74, 6) is 0.773. The first-order valence-corrected chi connectivity index (χ1v) is 8.81. The van der Waals surface area contributed by atoms with Crippen LogP contribution in [0.3, 0.4) is 0 Å². The van der Waals surface area contributed by atoms with Crippen LogP contribution >= 0.6 is 12.2 Å². The van der Waals surface area contributed by atoms with Crippen LogP contribution in [-0.4, -0.2) is 41.2 Å². The monoisotopic (exact) mass is 297 g/mol. The molecule has 2 saturated heterocycles. The van der Waals surface area contributed by atoms with E-state index in [1.54, 1.807) is 0 Å². The van der Waals surface area contributed by atoms with Gasteiger partial charge in [-0.1, -0.05) is 27.2 Å². The van der Waals surface area contributed by atoms with Gasteiger partial charge in [0, 0.05) is 31.2 Å². The molecule has 0 aromatic rings. The minimum absolute atomic E-state index is 0.575. The molecule has 2 aliphatic rings. The van der Waals surface area contributed by atoms with Crippen LogP contribution in [0.4, 0.5) is 0 Å². The predicted octanol–water partition coefficient (Wildman–Crippen LogP) is 2.90. The Kier molecular flexibility index (Phi) is 6.09. The molecule has 2 atom stereocenters. The fourth-order valence-corrected chi connectivity index (χ4v) is 4.06. The maximum Gasteiger partial charge on any atom is 0.166 e. The van der Waals surface area contributed by atoms with Crippen molar-refractivity contribution in [3.05, 3.63) is 0 Å². The van der Waals surface area contributed by atoms with E-state index in [2.05, 4.69) is 36.3 Å². The zero-order chi connectivity index (χ0) is 14.5. The highest BCUT2D eigenvalue weighted by atomic mass is 32.1. The summed E-state index contributed by atoms with van der Waals surface area (Å²) in [4.78, 5) is 2.79. The van der Waals surface area contributed by atoms with Gasteiger partial charge in [-0.2, -0.15) is 0 Å². The lowest BCUT2D eigenvalue weighted by atomic mass is 9.81. The van der Waals surface area contributed by atoms with Gasteiger partial charge >= 0.3 is 0 Å². The predicted molar refractivity (Wildman–Crippen MR) is 90.0 cm³/mol. The largest absolute Gasteiger partial charge is 0.363 e. The molecule has 2 fully saturated rings. The first-order valence-electron chi connectivity index (χ1n) is 8.40. The van der Waals surface area contributed by atoms with Crippen molar-refractivity contribution in [2.45, 2.75) is 77.4 Å². The van der Waals surface area contributed by atoms with Gasteiger partial charge < -0.3 is 10.6 Å². The molecule has 2 heterocycles. The molecule has 0 radical (unpaired) electrons. The molecule has 2 rings (SSSR count). The van der Waals surface area contributed by atoms with Crippen molar-refractivity contribution in [1.29, 1.82) is 0 Å². The van der Waals surface area contributed by atoms with Gasteiger partial charge in [-0.15, -0.1) is 0 Å². The van der Waals surface area contributed by atoms with Gasteiger partial charge in [-0.05, 0) is 50.2 Å². The van der Waals surface area contributed by atoms with Gasteiger partial charge in [0.2, 0.25) is 0 Å². The van der Waals surface area contributed by atoms with Crippen LogP contribution in [-0.2, 0) is 0 Å². The summed E-state index contributed by atoms with van der Waals surface area (Å²) in [6.07, 6.45) is 7.80. The number of rotatable bonds is 5. The molecule has 0 spiro atoms. The number of fused-ring (bicyclic) bond motifs is 2. The molecular formula is C16H31N3S. The normalized spacial score (nSPS) is 30.3. The van der Waals surface area contributed by atoms with Gasteiger partial charge in [0.1, 0.15) is 0 Å². The molecule has 3 nitrogen and oxygen atoms in total. The Balaban J connectivity index is 1.86. The summed E-state index contributed by atoms with van der Waals surface area (Å²) in [6, 6.07) is 2.12. The van der Waals surface area contributed by atoms with Crippen LogP contribution in [0.1, 0.15) is 59.3 Å². The van der Waals surface area contributed by atoms with E-state index in [0.29, 0.717) is 6.04 Å². The fourth-order valence-electron chi connectivity index (χ4n) is 3.79. The number of piperidine rings is 2. The Morgan fingerprint density at radius 3 is 2.45 bits per heavy atom. The Morgan fingerprint density at radius 2 is 1.90 bits per heavy atom. The Hall–Kier alpha value is -0.350. The van der Waals surface area contributed by atoms with Crippen molar-refractivity contribution in [3.63, 3.8) is 0 Å². The summed E-state index contributed by atoms with van der Waals surface area (Å²) in [6.45, 7) is 9.09. The minimum atomic E-state index is 0.575. The van der Waals surface area contributed by atoms with Crippen LogP contribution in [0.5, 0.6) is 0 Å². The van der Waals surface area contributed by atoms with Crippen molar-refractivity contribution in [2.75, 3.05) is 13.1 Å². The van der Waals surface area contributed by atoms with Crippen LogP contribution in [0.25, 0.3) is 0 Å². The molecule has 2 aliphatic heterocycles. The lowest BCUT2D eigenvalue weighted by Crippen LogP contribution is -2.58. The maximum absolute atomic E-state index is 5.40. The SMILES string of the molecule is CCCNC(=S)NC1C[C@H]2CCC[C@H](C1)N2CC(C)C. The van der Waals surface area contributed by atoms with E-state index in [-0.39, 0.29) is 0 Å². The summed E-state index contributed by atoms with van der Waals surface area (Å²) in [5.41, 5.74) is 0. The first kappa shape index (κ1) is 16.0. The molecule has 0 amide bonds. The average molecular weight is 298 g/mol. The second-order valence-corrected chi connectivity index (χ2v) is 7.31. The van der Waals surface area contributed by atoms with Gasteiger partial charge in [-0.3, -0.25) is 4.90 Å². The van der Waals surface area contributed by atoms with Crippen LogP contribution in [0.2, 0.25) is 0 Å². The lowest BCUT2D eigenvalue weighted by Gasteiger charge is -2.49. The molecule has 20 heavy (non-hydrogen) atoms. The van der Waals surface area contributed by atoms with E-state index < -0.39 is 0 Å². The van der Waals surface area contributed by atoms with Crippen molar-refractivity contribution in [1.82, 2.24) is 15.5 Å².